The van der Waals surface area contributed by atoms with Crippen molar-refractivity contribution in [3.63, 3.8) is 0 Å². The molecule has 1 aliphatic heterocycles. The van der Waals surface area contributed by atoms with Crippen molar-refractivity contribution in [2.75, 3.05) is 13.2 Å². The second-order valence-electron chi connectivity index (χ2n) is 8.25. The third-order valence-electron chi connectivity index (χ3n) is 6.02. The molecule has 0 spiro atoms. The molecule has 5 rings (SSSR count). The van der Waals surface area contributed by atoms with Crippen molar-refractivity contribution < 1.29 is 36.2 Å². The van der Waals surface area contributed by atoms with Gasteiger partial charge in [0.2, 0.25) is 10.0 Å². The van der Waals surface area contributed by atoms with Gasteiger partial charge in [0.05, 0.1) is 36.3 Å². The summed E-state index contributed by atoms with van der Waals surface area (Å²) in [6.45, 7) is 0.106. The molecule has 35 heavy (non-hydrogen) atoms. The normalized spacial score (nSPS) is 21.4. The highest BCUT2D eigenvalue weighted by atomic mass is 32.2. The molecule has 11 heteroatoms. The molecule has 3 atom stereocenters. The van der Waals surface area contributed by atoms with E-state index in [-0.39, 0.29) is 18.1 Å². The molecular weight excluding hydrogens is 485 g/mol. The molecule has 184 valence electrons. The lowest BCUT2D eigenvalue weighted by Crippen LogP contribution is -2.53. The van der Waals surface area contributed by atoms with Crippen LogP contribution in [0.25, 0.3) is 21.8 Å². The first-order chi connectivity index (χ1) is 16.6. The number of sulfonamides is 1. The van der Waals surface area contributed by atoms with E-state index in [4.69, 9.17) is 4.74 Å². The predicted molar refractivity (Wildman–Crippen MR) is 123 cm³/mol. The molecule has 2 heterocycles. The fourth-order valence-corrected chi connectivity index (χ4v) is 5.75. The largest absolute Gasteiger partial charge is 0.573 e. The van der Waals surface area contributed by atoms with Crippen LogP contribution in [0.3, 0.4) is 0 Å². The highest BCUT2D eigenvalue weighted by Gasteiger charge is 2.38. The van der Waals surface area contributed by atoms with Crippen LogP contribution >= 0.6 is 0 Å². The van der Waals surface area contributed by atoms with E-state index < -0.39 is 40.3 Å². The minimum absolute atomic E-state index is 0.0662. The summed E-state index contributed by atoms with van der Waals surface area (Å²) < 4.78 is 76.8. The molecule has 1 aromatic heterocycles. The Balaban J connectivity index is 1.42. The number of nitrogens with one attached hydrogen (secondary N) is 1. The molecule has 0 saturated carbocycles. The summed E-state index contributed by atoms with van der Waals surface area (Å²) in [6, 6.07) is 17.7. The molecule has 0 bridgehead atoms. The number of rotatable bonds is 5. The minimum Gasteiger partial charge on any atom is -0.406 e. The van der Waals surface area contributed by atoms with Gasteiger partial charge in [-0.25, -0.2) is 13.1 Å². The number of aliphatic hydroxyl groups excluding tert-OH is 1. The summed E-state index contributed by atoms with van der Waals surface area (Å²) in [6.07, 6.45) is -6.02. The standard InChI is InChI=1S/C24H21F3N2O5S/c25-24(26,27)34-15-9-11-16(12-10-15)35(31,32)28-19-13-33-14-22(23(19)30)29-20-7-3-1-5-17(20)18-6-2-4-8-21(18)29/h1-12,19,22-23,28,30H,13-14H2/t19?,22?,23-/m0/s1. The second-order valence-corrected chi connectivity index (χ2v) is 9.96. The van der Waals surface area contributed by atoms with Gasteiger partial charge < -0.3 is 19.1 Å². The molecule has 0 radical (unpaired) electrons. The number of halogens is 3. The van der Waals surface area contributed by atoms with Crippen molar-refractivity contribution in [1.29, 1.82) is 0 Å². The third-order valence-corrected chi connectivity index (χ3v) is 7.52. The Kier molecular flexibility index (Phi) is 5.96. The topological polar surface area (TPSA) is 89.8 Å². The van der Waals surface area contributed by atoms with Crippen molar-refractivity contribution in [2.24, 2.45) is 0 Å². The Bertz CT molecular complexity index is 1420. The van der Waals surface area contributed by atoms with E-state index in [0.29, 0.717) is 0 Å². The molecule has 2 N–H and O–H groups in total. The number of fused-ring (bicyclic) bond motifs is 3. The molecule has 0 amide bonds. The maximum Gasteiger partial charge on any atom is 0.573 e. The summed E-state index contributed by atoms with van der Waals surface area (Å²) in [7, 11) is -4.17. The number of ether oxygens (including phenoxy) is 2. The Hall–Kier alpha value is -3.12. The predicted octanol–water partition coefficient (Wildman–Crippen LogP) is 3.97. The molecule has 7 nitrogen and oxygen atoms in total. The summed E-state index contributed by atoms with van der Waals surface area (Å²) in [4.78, 5) is -0.266. The first-order valence-electron chi connectivity index (χ1n) is 10.8. The Morgan fingerprint density at radius 1 is 0.914 bits per heavy atom. The van der Waals surface area contributed by atoms with Crippen molar-refractivity contribution in [3.05, 3.63) is 72.8 Å². The second kappa shape index (κ2) is 8.83. The van der Waals surface area contributed by atoms with Crippen molar-refractivity contribution in [3.8, 4) is 5.75 Å². The fraction of sp³-hybridized carbons (Fsp3) is 0.250. The van der Waals surface area contributed by atoms with E-state index in [1.807, 2.05) is 53.1 Å². The maximum absolute atomic E-state index is 12.9. The zero-order valence-corrected chi connectivity index (χ0v) is 19.0. The number of para-hydroxylation sites is 2. The molecule has 4 aromatic rings. The highest BCUT2D eigenvalue weighted by molar-refractivity contribution is 7.89. The lowest BCUT2D eigenvalue weighted by Gasteiger charge is -2.36. The quantitative estimate of drug-likeness (QED) is 0.428. The molecule has 0 aliphatic carbocycles. The molecule has 1 saturated heterocycles. The average Bonchev–Trinajstić information content (AvgIpc) is 3.14. The van der Waals surface area contributed by atoms with Gasteiger partial charge in [-0.15, -0.1) is 13.2 Å². The van der Waals surface area contributed by atoms with Crippen LogP contribution in [0.1, 0.15) is 6.04 Å². The van der Waals surface area contributed by atoms with Crippen molar-refractivity contribution in [1.82, 2.24) is 9.29 Å². The van der Waals surface area contributed by atoms with Crippen LogP contribution in [0.2, 0.25) is 0 Å². The molecule has 1 aliphatic rings. The SMILES string of the molecule is O=S(=O)(NC1COCC(n2c3ccccc3c3ccccc32)[C@H]1O)c1ccc(OC(F)(F)F)cc1. The zero-order valence-electron chi connectivity index (χ0n) is 18.1. The van der Waals surface area contributed by atoms with Gasteiger partial charge >= 0.3 is 6.36 Å². The Morgan fingerprint density at radius 3 is 2.06 bits per heavy atom. The Morgan fingerprint density at radius 2 is 1.49 bits per heavy atom. The van der Waals surface area contributed by atoms with Crippen molar-refractivity contribution >= 4 is 31.8 Å². The maximum atomic E-state index is 12.9. The molecule has 3 aromatic carbocycles. The minimum atomic E-state index is -4.88. The monoisotopic (exact) mass is 506 g/mol. The highest BCUT2D eigenvalue weighted by Crippen LogP contribution is 2.35. The molecular formula is C24H21F3N2O5S. The van der Waals surface area contributed by atoms with Crippen LogP contribution in [0, 0.1) is 0 Å². The molecule has 2 unspecified atom stereocenters. The van der Waals surface area contributed by atoms with E-state index in [1.165, 1.54) is 0 Å². The number of benzene rings is 3. The van der Waals surface area contributed by atoms with Crippen LogP contribution in [-0.2, 0) is 14.8 Å². The van der Waals surface area contributed by atoms with Gasteiger partial charge in [-0.1, -0.05) is 36.4 Å². The fourth-order valence-electron chi connectivity index (χ4n) is 4.51. The van der Waals surface area contributed by atoms with Crippen LogP contribution in [0.15, 0.2) is 77.7 Å². The van der Waals surface area contributed by atoms with Crippen LogP contribution < -0.4 is 9.46 Å². The smallest absolute Gasteiger partial charge is 0.406 e. The molecule has 1 fully saturated rings. The van der Waals surface area contributed by atoms with Crippen molar-refractivity contribution in [2.45, 2.75) is 29.4 Å². The number of aromatic nitrogens is 1. The Labute approximate surface area is 198 Å². The van der Waals surface area contributed by atoms with Gasteiger partial charge in [0.15, 0.2) is 0 Å². The van der Waals surface area contributed by atoms with E-state index >= 15 is 0 Å². The van der Waals surface area contributed by atoms with Gasteiger partial charge in [-0.2, -0.15) is 0 Å². The number of alkyl halides is 3. The summed E-state index contributed by atoms with van der Waals surface area (Å²) in [5, 5.41) is 13.2. The van der Waals surface area contributed by atoms with Gasteiger partial charge in [-0.05, 0) is 36.4 Å². The summed E-state index contributed by atoms with van der Waals surface area (Å²) >= 11 is 0. The lowest BCUT2D eigenvalue weighted by atomic mass is 10.0. The van der Waals surface area contributed by atoms with Crippen LogP contribution in [-0.4, -0.2) is 49.8 Å². The van der Waals surface area contributed by atoms with E-state index in [9.17, 15) is 26.7 Å². The number of nitrogens with zero attached hydrogens (tertiary/aromatic N) is 1. The van der Waals surface area contributed by atoms with Gasteiger partial charge in [-0.3, -0.25) is 0 Å². The number of hydrogen-bond acceptors (Lipinski definition) is 5. The van der Waals surface area contributed by atoms with E-state index in [2.05, 4.69) is 9.46 Å². The lowest BCUT2D eigenvalue weighted by molar-refractivity contribution is -0.274. The first-order valence-corrected chi connectivity index (χ1v) is 12.2. The van der Waals surface area contributed by atoms with E-state index in [0.717, 1.165) is 46.1 Å². The number of hydrogen-bond donors (Lipinski definition) is 2. The van der Waals surface area contributed by atoms with Gasteiger partial charge in [0.1, 0.15) is 5.75 Å². The van der Waals surface area contributed by atoms with Gasteiger partial charge in [0, 0.05) is 21.8 Å². The first kappa shape index (κ1) is 23.6. The van der Waals surface area contributed by atoms with Gasteiger partial charge in [0.25, 0.3) is 0 Å². The van der Waals surface area contributed by atoms with E-state index in [1.54, 1.807) is 0 Å². The summed E-state index contributed by atoms with van der Waals surface area (Å²) in [5.74, 6) is -0.538. The third kappa shape index (κ3) is 4.59. The van der Waals surface area contributed by atoms with Crippen LogP contribution in [0.5, 0.6) is 5.75 Å². The average molecular weight is 507 g/mol. The zero-order chi connectivity index (χ0) is 24.8. The number of aliphatic hydroxyl groups is 1. The summed E-state index contributed by atoms with van der Waals surface area (Å²) in [5.41, 5.74) is 1.76. The van der Waals surface area contributed by atoms with Crippen LogP contribution in [0.4, 0.5) is 13.2 Å².